The van der Waals surface area contributed by atoms with Gasteiger partial charge in [-0.3, -0.25) is 4.79 Å². The van der Waals surface area contributed by atoms with Crippen LogP contribution < -0.4 is 10.1 Å². The van der Waals surface area contributed by atoms with Gasteiger partial charge >= 0.3 is 0 Å². The second-order valence-corrected chi connectivity index (χ2v) is 13.5. The Balaban J connectivity index is 1.56. The SMILES string of the molecule is CCC(C)NC(=O)C[C@@H](c1ccc(C)c(CN2C[C@@H](CC)Oc3ncccc3S2(=O)=O)c1)c1ccc2c(nnn2CC)c1C. The first-order valence-electron chi connectivity index (χ1n) is 15.4. The predicted octanol–water partition coefficient (Wildman–Crippen LogP) is 5.26. The molecule has 0 bridgehead atoms. The van der Waals surface area contributed by atoms with Gasteiger partial charge < -0.3 is 10.1 Å². The van der Waals surface area contributed by atoms with Crippen LogP contribution in [0, 0.1) is 13.8 Å². The number of carbonyl (C=O) groups excluding carboxylic acids is 1. The number of hydrogen-bond acceptors (Lipinski definition) is 7. The first-order valence-corrected chi connectivity index (χ1v) is 16.8. The Morgan fingerprint density at radius 1 is 1.14 bits per heavy atom. The van der Waals surface area contributed by atoms with Gasteiger partial charge in [0.25, 0.3) is 0 Å². The van der Waals surface area contributed by atoms with E-state index in [1.165, 1.54) is 4.31 Å². The molecule has 1 unspecified atom stereocenters. The minimum Gasteiger partial charge on any atom is -0.472 e. The van der Waals surface area contributed by atoms with Crippen molar-refractivity contribution in [2.24, 2.45) is 0 Å². The highest BCUT2D eigenvalue weighted by Gasteiger charge is 2.35. The van der Waals surface area contributed by atoms with Crippen LogP contribution in [-0.2, 0) is 27.9 Å². The number of pyridine rings is 1. The number of hydrogen-bond donors (Lipinski definition) is 1. The zero-order chi connectivity index (χ0) is 31.6. The summed E-state index contributed by atoms with van der Waals surface area (Å²) in [6.07, 6.45) is 2.94. The fourth-order valence-corrected chi connectivity index (χ4v) is 7.30. The van der Waals surface area contributed by atoms with Crippen LogP contribution in [0.3, 0.4) is 0 Å². The monoisotopic (exact) mass is 618 g/mol. The van der Waals surface area contributed by atoms with Crippen LogP contribution >= 0.6 is 0 Å². The van der Waals surface area contributed by atoms with Gasteiger partial charge in [-0.1, -0.05) is 43.3 Å². The highest BCUT2D eigenvalue weighted by Crippen LogP contribution is 2.36. The molecule has 3 atom stereocenters. The molecule has 11 heteroatoms. The summed E-state index contributed by atoms with van der Waals surface area (Å²) < 4.78 is 37.1. The van der Waals surface area contributed by atoms with Gasteiger partial charge in [0.1, 0.15) is 16.5 Å². The van der Waals surface area contributed by atoms with Crippen molar-refractivity contribution in [3.05, 3.63) is 76.5 Å². The molecule has 0 radical (unpaired) electrons. The summed E-state index contributed by atoms with van der Waals surface area (Å²) in [6.45, 7) is 13.2. The topological polar surface area (TPSA) is 119 Å². The van der Waals surface area contributed by atoms with E-state index in [4.69, 9.17) is 4.74 Å². The highest BCUT2D eigenvalue weighted by molar-refractivity contribution is 7.89. The number of nitrogens with one attached hydrogen (secondary N) is 1. The van der Waals surface area contributed by atoms with Crippen molar-refractivity contribution in [1.82, 2.24) is 29.6 Å². The normalized spacial score (nSPS) is 17.8. The average Bonchev–Trinajstić information content (AvgIpc) is 3.40. The van der Waals surface area contributed by atoms with Gasteiger partial charge in [0.15, 0.2) is 0 Å². The molecule has 234 valence electrons. The minimum atomic E-state index is -3.87. The van der Waals surface area contributed by atoms with Crippen molar-refractivity contribution < 1.29 is 17.9 Å². The molecule has 0 saturated heterocycles. The van der Waals surface area contributed by atoms with Crippen LogP contribution in [0.4, 0.5) is 0 Å². The van der Waals surface area contributed by atoms with Crippen molar-refractivity contribution >= 4 is 27.0 Å². The zero-order valence-electron chi connectivity index (χ0n) is 26.4. The number of rotatable bonds is 10. The number of benzene rings is 2. The Kier molecular flexibility index (Phi) is 9.36. The summed E-state index contributed by atoms with van der Waals surface area (Å²) >= 11 is 0. The molecule has 3 heterocycles. The predicted molar refractivity (Wildman–Crippen MR) is 170 cm³/mol. The maximum atomic E-state index is 13.9. The van der Waals surface area contributed by atoms with E-state index in [0.29, 0.717) is 13.0 Å². The Morgan fingerprint density at radius 2 is 1.93 bits per heavy atom. The van der Waals surface area contributed by atoms with E-state index < -0.39 is 10.0 Å². The molecule has 5 rings (SSSR count). The first-order chi connectivity index (χ1) is 21.1. The second-order valence-electron chi connectivity index (χ2n) is 11.6. The molecule has 0 saturated carbocycles. The molecule has 2 aromatic heterocycles. The van der Waals surface area contributed by atoms with Crippen LogP contribution in [0.1, 0.15) is 80.7 Å². The lowest BCUT2D eigenvalue weighted by atomic mass is 9.84. The fraction of sp³-hybridized carbons (Fsp3) is 0.455. The van der Waals surface area contributed by atoms with Crippen LogP contribution in [0.15, 0.2) is 53.6 Å². The van der Waals surface area contributed by atoms with Gasteiger partial charge in [-0.05, 0) is 86.6 Å². The summed E-state index contributed by atoms with van der Waals surface area (Å²) in [5.74, 6) is -0.164. The largest absolute Gasteiger partial charge is 0.472 e. The smallest absolute Gasteiger partial charge is 0.248 e. The van der Waals surface area contributed by atoms with Gasteiger partial charge in [0.2, 0.25) is 21.8 Å². The van der Waals surface area contributed by atoms with Crippen molar-refractivity contribution in [3.63, 3.8) is 0 Å². The number of ether oxygens (including phenoxy) is 1. The van der Waals surface area contributed by atoms with Crippen LogP contribution in [0.5, 0.6) is 5.88 Å². The lowest BCUT2D eigenvalue weighted by Gasteiger charge is -2.25. The molecular formula is C33H42N6O4S. The Hall–Kier alpha value is -3.83. The number of aromatic nitrogens is 4. The maximum Gasteiger partial charge on any atom is 0.248 e. The molecule has 0 fully saturated rings. The lowest BCUT2D eigenvalue weighted by molar-refractivity contribution is -0.121. The van der Waals surface area contributed by atoms with Gasteiger partial charge in [0, 0.05) is 37.7 Å². The van der Waals surface area contributed by atoms with Gasteiger partial charge in [0.05, 0.1) is 12.1 Å². The van der Waals surface area contributed by atoms with E-state index in [1.54, 1.807) is 18.3 Å². The molecular weight excluding hydrogens is 576 g/mol. The Labute approximate surface area is 259 Å². The molecule has 1 amide bonds. The number of fused-ring (bicyclic) bond motifs is 2. The Bertz CT molecular complexity index is 1770. The second kappa shape index (κ2) is 13.0. The highest BCUT2D eigenvalue weighted by atomic mass is 32.2. The quantitative estimate of drug-likeness (QED) is 0.257. The summed E-state index contributed by atoms with van der Waals surface area (Å²) in [7, 11) is -3.87. The fourth-order valence-electron chi connectivity index (χ4n) is 5.77. The van der Waals surface area contributed by atoms with Crippen LogP contribution in [0.2, 0.25) is 0 Å². The summed E-state index contributed by atoms with van der Waals surface area (Å²) in [5, 5.41) is 11.9. The maximum absolute atomic E-state index is 13.9. The molecule has 10 nitrogen and oxygen atoms in total. The molecule has 2 aromatic carbocycles. The van der Waals surface area contributed by atoms with Gasteiger partial charge in [-0.25, -0.2) is 18.1 Å². The number of amides is 1. The van der Waals surface area contributed by atoms with E-state index in [9.17, 15) is 13.2 Å². The van der Waals surface area contributed by atoms with E-state index in [-0.39, 0.29) is 54.3 Å². The van der Waals surface area contributed by atoms with Crippen molar-refractivity contribution in [2.45, 2.75) is 96.9 Å². The van der Waals surface area contributed by atoms with E-state index in [2.05, 4.69) is 32.7 Å². The average molecular weight is 619 g/mol. The van der Waals surface area contributed by atoms with Gasteiger partial charge in [-0.15, -0.1) is 5.10 Å². The number of sulfonamides is 1. The Morgan fingerprint density at radius 3 is 2.66 bits per heavy atom. The molecule has 0 spiro atoms. The number of nitrogens with zero attached hydrogens (tertiary/aromatic N) is 5. The van der Waals surface area contributed by atoms with Gasteiger partial charge in [-0.2, -0.15) is 4.31 Å². The minimum absolute atomic E-state index is 0.0367. The van der Waals surface area contributed by atoms with E-state index in [1.807, 2.05) is 64.4 Å². The first kappa shape index (κ1) is 31.6. The van der Waals surface area contributed by atoms with Crippen molar-refractivity contribution in [3.8, 4) is 5.88 Å². The lowest BCUT2D eigenvalue weighted by Crippen LogP contribution is -2.36. The third-order valence-corrected chi connectivity index (χ3v) is 10.5. The van der Waals surface area contributed by atoms with Crippen molar-refractivity contribution in [2.75, 3.05) is 6.54 Å². The molecule has 0 aliphatic carbocycles. The summed E-state index contributed by atoms with van der Waals surface area (Å²) in [6, 6.07) is 13.4. The zero-order valence-corrected chi connectivity index (χ0v) is 27.2. The number of carbonyl (C=O) groups is 1. The molecule has 1 aliphatic heterocycles. The standard InChI is InChI=1S/C33H42N6O4S/c1-7-22(5)35-31(40)18-28(27-14-15-29-32(23(27)6)36-37-39(29)9-3)24-13-12-21(4)25(17-24)19-38-20-26(8-2)43-33-30(44(38,41)42)11-10-16-34-33/h10-17,22,26,28H,7-9,18-20H2,1-6H3,(H,35,40)/t22?,26-,28+/m1/s1. The van der Waals surface area contributed by atoms with Crippen LogP contribution in [0.25, 0.3) is 11.0 Å². The van der Waals surface area contributed by atoms with E-state index in [0.717, 1.165) is 45.3 Å². The third kappa shape index (κ3) is 6.21. The number of aryl methyl sites for hydroxylation is 3. The molecule has 4 aromatic rings. The molecule has 1 N–H and O–H groups in total. The van der Waals surface area contributed by atoms with Crippen molar-refractivity contribution in [1.29, 1.82) is 0 Å². The van der Waals surface area contributed by atoms with E-state index >= 15 is 0 Å². The molecule has 44 heavy (non-hydrogen) atoms. The van der Waals surface area contributed by atoms with Crippen LogP contribution in [-0.4, -0.2) is 57.3 Å². The summed E-state index contributed by atoms with van der Waals surface area (Å²) in [4.78, 5) is 17.6. The summed E-state index contributed by atoms with van der Waals surface area (Å²) in [5.41, 5.74) is 6.52. The molecule has 1 aliphatic rings. The third-order valence-electron chi connectivity index (χ3n) is 8.68.